The van der Waals surface area contributed by atoms with Gasteiger partial charge in [0.2, 0.25) is 5.95 Å². The van der Waals surface area contributed by atoms with E-state index >= 15 is 0 Å². The molecule has 8 heteroatoms. The average molecular weight is 443 g/mol. The van der Waals surface area contributed by atoms with Crippen LogP contribution in [-0.4, -0.2) is 33.9 Å². The van der Waals surface area contributed by atoms with Gasteiger partial charge in [0.25, 0.3) is 5.78 Å². The molecule has 1 fully saturated rings. The zero-order valence-corrected chi connectivity index (χ0v) is 18.2. The number of rotatable bonds is 4. The van der Waals surface area contributed by atoms with E-state index in [-0.39, 0.29) is 17.3 Å². The number of carbonyl (C=O) groups excluding carboxylic acids is 2. The first-order chi connectivity index (χ1) is 15.9. The first-order valence-corrected chi connectivity index (χ1v) is 10.4. The molecule has 1 aliphatic heterocycles. The minimum Gasteiger partial charge on any atom is -0.507 e. The van der Waals surface area contributed by atoms with Crippen LogP contribution in [0.3, 0.4) is 0 Å². The number of hydrogen-bond acceptors (Lipinski definition) is 6. The lowest BCUT2D eigenvalue weighted by atomic mass is 9.95. The summed E-state index contributed by atoms with van der Waals surface area (Å²) in [5.41, 5.74) is 3.22. The largest absolute Gasteiger partial charge is 0.507 e. The van der Waals surface area contributed by atoms with Crippen molar-refractivity contribution in [3.8, 4) is 5.75 Å². The summed E-state index contributed by atoms with van der Waals surface area (Å²) in [6.45, 7) is 3.64. The fourth-order valence-corrected chi connectivity index (χ4v) is 4.23. The molecule has 4 aromatic rings. The monoisotopic (exact) mass is 443 g/mol. The molecule has 2 N–H and O–H groups in total. The fourth-order valence-electron chi connectivity index (χ4n) is 4.23. The molecule has 0 radical (unpaired) electrons. The van der Waals surface area contributed by atoms with Gasteiger partial charge < -0.3 is 19.2 Å². The maximum Gasteiger partial charge on any atom is 0.302 e. The van der Waals surface area contributed by atoms with Gasteiger partial charge in [-0.15, -0.1) is 0 Å². The molecule has 166 valence electrons. The van der Waals surface area contributed by atoms with E-state index < -0.39 is 17.7 Å². The van der Waals surface area contributed by atoms with E-state index in [0.29, 0.717) is 33.7 Å². The molecule has 1 amide bonds. The molecule has 1 unspecified atom stereocenters. The number of Topliss-reactive ketones (excluding diaryl/α,β-unsaturated/α-hetero) is 1. The standard InChI is InChI=1S/C25H21N3O5/c1-13-12-19(32-3)14(2)11-15(13)22(29)20-21(18-9-6-10-33-18)28(24(31)23(20)30)25-26-16-7-4-5-8-17(16)27-25/h4-12,21,29H,1-3H3,(H,26,27)/b22-20+. The Balaban J connectivity index is 1.72. The number of aliphatic hydroxyl groups excluding tert-OH is 1. The number of H-pyrrole nitrogens is 1. The zero-order chi connectivity index (χ0) is 23.3. The van der Waals surface area contributed by atoms with Crippen LogP contribution in [0.15, 0.2) is 64.8 Å². The molecule has 8 nitrogen and oxygen atoms in total. The van der Waals surface area contributed by atoms with Gasteiger partial charge in [-0.1, -0.05) is 12.1 Å². The van der Waals surface area contributed by atoms with Crippen molar-refractivity contribution in [2.75, 3.05) is 12.0 Å². The van der Waals surface area contributed by atoms with Crippen molar-refractivity contribution in [2.24, 2.45) is 0 Å². The van der Waals surface area contributed by atoms with Crippen LogP contribution in [0.4, 0.5) is 5.95 Å². The second-order valence-electron chi connectivity index (χ2n) is 7.90. The predicted molar refractivity (Wildman–Crippen MR) is 122 cm³/mol. The number of furan rings is 1. The first-order valence-electron chi connectivity index (χ1n) is 10.4. The second kappa shape index (κ2) is 7.67. The van der Waals surface area contributed by atoms with Crippen molar-refractivity contribution in [3.63, 3.8) is 0 Å². The number of aliphatic hydroxyl groups is 1. The number of aromatic amines is 1. The molecule has 0 saturated carbocycles. The number of amides is 1. The van der Waals surface area contributed by atoms with Crippen LogP contribution in [0.1, 0.15) is 28.5 Å². The Kier molecular flexibility index (Phi) is 4.78. The lowest BCUT2D eigenvalue weighted by molar-refractivity contribution is -0.132. The third-order valence-electron chi connectivity index (χ3n) is 5.86. The number of para-hydroxylation sites is 2. The summed E-state index contributed by atoms with van der Waals surface area (Å²) in [5.74, 6) is -0.714. The number of hydrogen-bond donors (Lipinski definition) is 2. The summed E-state index contributed by atoms with van der Waals surface area (Å²) >= 11 is 0. The average Bonchev–Trinajstić information content (AvgIpc) is 3.53. The highest BCUT2D eigenvalue weighted by molar-refractivity contribution is 6.51. The molecule has 0 spiro atoms. The lowest BCUT2D eigenvalue weighted by Crippen LogP contribution is -2.30. The molecule has 1 saturated heterocycles. The molecule has 3 heterocycles. The van der Waals surface area contributed by atoms with Gasteiger partial charge in [0.05, 0.1) is 30.0 Å². The number of fused-ring (bicyclic) bond motifs is 1. The zero-order valence-electron chi connectivity index (χ0n) is 18.2. The summed E-state index contributed by atoms with van der Waals surface area (Å²) in [6, 6.07) is 13.2. The van der Waals surface area contributed by atoms with E-state index in [1.54, 1.807) is 44.4 Å². The van der Waals surface area contributed by atoms with Crippen molar-refractivity contribution < 1.29 is 23.8 Å². The number of methoxy groups -OCH3 is 1. The third kappa shape index (κ3) is 3.18. The summed E-state index contributed by atoms with van der Waals surface area (Å²) in [5, 5.41) is 11.3. The van der Waals surface area contributed by atoms with Crippen LogP contribution in [0.2, 0.25) is 0 Å². The van der Waals surface area contributed by atoms with Gasteiger partial charge in [-0.3, -0.25) is 14.5 Å². The highest BCUT2D eigenvalue weighted by Gasteiger charge is 2.49. The topological polar surface area (TPSA) is 109 Å². The Hall–Kier alpha value is -4.33. The minimum atomic E-state index is -0.984. The number of benzene rings is 2. The molecule has 33 heavy (non-hydrogen) atoms. The molecule has 0 aliphatic carbocycles. The van der Waals surface area contributed by atoms with Crippen LogP contribution >= 0.6 is 0 Å². The predicted octanol–water partition coefficient (Wildman–Crippen LogP) is 4.41. The summed E-state index contributed by atoms with van der Waals surface area (Å²) < 4.78 is 10.9. The quantitative estimate of drug-likeness (QED) is 0.275. The summed E-state index contributed by atoms with van der Waals surface area (Å²) in [7, 11) is 1.57. The van der Waals surface area contributed by atoms with Crippen molar-refractivity contribution in [2.45, 2.75) is 19.9 Å². The number of ether oxygens (including phenoxy) is 1. The number of anilines is 1. The second-order valence-corrected chi connectivity index (χ2v) is 7.90. The van der Waals surface area contributed by atoms with Crippen molar-refractivity contribution in [1.82, 2.24) is 9.97 Å². The minimum absolute atomic E-state index is 0.0666. The van der Waals surface area contributed by atoms with Crippen LogP contribution in [0.5, 0.6) is 5.75 Å². The van der Waals surface area contributed by atoms with Gasteiger partial charge >= 0.3 is 5.91 Å². The molecular formula is C25H21N3O5. The number of nitrogens with one attached hydrogen (secondary N) is 1. The SMILES string of the molecule is COc1cc(C)c(/C(O)=C2\C(=O)C(=O)N(c3nc4ccccc4[nH]3)C2c2ccco2)cc1C. The maximum atomic E-state index is 13.2. The number of ketones is 1. The van der Waals surface area contributed by atoms with Crippen molar-refractivity contribution in [3.05, 3.63) is 82.8 Å². The highest BCUT2D eigenvalue weighted by Crippen LogP contribution is 2.42. The van der Waals surface area contributed by atoms with E-state index in [0.717, 1.165) is 5.56 Å². The number of carbonyl (C=O) groups is 2. The van der Waals surface area contributed by atoms with Gasteiger partial charge in [-0.25, -0.2) is 4.98 Å². The highest BCUT2D eigenvalue weighted by atomic mass is 16.5. The molecule has 0 bridgehead atoms. The molecule has 2 aromatic heterocycles. The van der Waals surface area contributed by atoms with Gasteiger partial charge in [0.15, 0.2) is 0 Å². The number of aromatic nitrogens is 2. The van der Waals surface area contributed by atoms with E-state index in [2.05, 4.69) is 9.97 Å². The molecule has 1 atom stereocenters. The normalized spacial score (nSPS) is 17.8. The number of imidazole rings is 1. The van der Waals surface area contributed by atoms with E-state index in [4.69, 9.17) is 9.15 Å². The number of nitrogens with zero attached hydrogens (tertiary/aromatic N) is 2. The van der Waals surface area contributed by atoms with Gasteiger partial charge in [-0.2, -0.15) is 0 Å². The molecular weight excluding hydrogens is 422 g/mol. The van der Waals surface area contributed by atoms with Gasteiger partial charge in [0.1, 0.15) is 23.3 Å². The van der Waals surface area contributed by atoms with E-state index in [1.807, 2.05) is 25.1 Å². The lowest BCUT2D eigenvalue weighted by Gasteiger charge is -2.21. The van der Waals surface area contributed by atoms with E-state index in [9.17, 15) is 14.7 Å². The first kappa shape index (κ1) is 20.6. The molecule has 2 aromatic carbocycles. The third-order valence-corrected chi connectivity index (χ3v) is 5.86. The Morgan fingerprint density at radius 2 is 1.91 bits per heavy atom. The fraction of sp³-hybridized carbons (Fsp3) is 0.160. The van der Waals surface area contributed by atoms with Gasteiger partial charge in [-0.05, 0) is 61.4 Å². The molecule has 1 aliphatic rings. The Morgan fingerprint density at radius 3 is 2.61 bits per heavy atom. The molecule has 5 rings (SSSR count). The Labute approximate surface area is 189 Å². The smallest absolute Gasteiger partial charge is 0.302 e. The van der Waals surface area contributed by atoms with Crippen LogP contribution in [-0.2, 0) is 9.59 Å². The Bertz CT molecular complexity index is 1400. The number of aryl methyl sites for hydroxylation is 2. The summed E-state index contributed by atoms with van der Waals surface area (Å²) in [6.07, 6.45) is 1.46. The van der Waals surface area contributed by atoms with Gasteiger partial charge in [0, 0.05) is 5.56 Å². The van der Waals surface area contributed by atoms with Crippen LogP contribution < -0.4 is 9.64 Å². The maximum absolute atomic E-state index is 13.2. The summed E-state index contributed by atoms with van der Waals surface area (Å²) in [4.78, 5) is 35.2. The van der Waals surface area contributed by atoms with E-state index in [1.165, 1.54) is 11.2 Å². The van der Waals surface area contributed by atoms with Crippen LogP contribution in [0.25, 0.3) is 16.8 Å². The Morgan fingerprint density at radius 1 is 1.12 bits per heavy atom. The van der Waals surface area contributed by atoms with Crippen molar-refractivity contribution in [1.29, 1.82) is 0 Å². The van der Waals surface area contributed by atoms with Crippen LogP contribution in [0, 0.1) is 13.8 Å². The van der Waals surface area contributed by atoms with Crippen molar-refractivity contribution >= 4 is 34.4 Å².